The van der Waals surface area contributed by atoms with E-state index in [0.29, 0.717) is 0 Å². The average Bonchev–Trinajstić information content (AvgIpc) is 2.18. The van der Waals surface area contributed by atoms with E-state index in [4.69, 9.17) is 0 Å². The van der Waals surface area contributed by atoms with E-state index < -0.39 is 11.7 Å². The van der Waals surface area contributed by atoms with Crippen LogP contribution < -0.4 is 0 Å². The summed E-state index contributed by atoms with van der Waals surface area (Å²) in [5.74, 6) is 0. The molecule has 1 aromatic rings. The first kappa shape index (κ1) is 12.3. The maximum Gasteiger partial charge on any atom is 0.416 e. The summed E-state index contributed by atoms with van der Waals surface area (Å²) in [7, 11) is 0. The van der Waals surface area contributed by atoms with Gasteiger partial charge in [-0.15, -0.1) is 0 Å². The van der Waals surface area contributed by atoms with E-state index in [0.717, 1.165) is 29.4 Å². The van der Waals surface area contributed by atoms with Crippen molar-refractivity contribution < 1.29 is 13.2 Å². The van der Waals surface area contributed by atoms with Gasteiger partial charge in [-0.1, -0.05) is 40.2 Å². The molecule has 0 unspecified atom stereocenters. The van der Waals surface area contributed by atoms with Crippen molar-refractivity contribution in [3.63, 3.8) is 0 Å². The summed E-state index contributed by atoms with van der Waals surface area (Å²) in [6.07, 6.45) is 0.331. The van der Waals surface area contributed by atoms with Crippen LogP contribution in [-0.4, -0.2) is 5.33 Å². The molecule has 1 rings (SSSR count). The minimum absolute atomic E-state index is 0.611. The molecule has 4 heteroatoms. The smallest absolute Gasteiger partial charge is 0.166 e. The average molecular weight is 279 g/mol. The molecule has 82 valence electrons. The Labute approximate surface area is 94.9 Å². The molecule has 0 aromatic heterocycles. The Kier molecular flexibility index (Phi) is 4.39. The lowest BCUT2D eigenvalue weighted by atomic mass is 10.1. The second kappa shape index (κ2) is 5.35. The second-order valence-corrected chi connectivity index (χ2v) is 3.79. The lowest BCUT2D eigenvalue weighted by molar-refractivity contribution is -0.137. The highest BCUT2D eigenvalue weighted by Gasteiger charge is 2.29. The molecule has 0 fully saturated rings. The van der Waals surface area contributed by atoms with Gasteiger partial charge in [0.25, 0.3) is 0 Å². The molecular weight excluding hydrogens is 269 g/mol. The van der Waals surface area contributed by atoms with Crippen molar-refractivity contribution in [3.8, 4) is 0 Å². The van der Waals surface area contributed by atoms with Gasteiger partial charge in [0.1, 0.15) is 0 Å². The van der Waals surface area contributed by atoms with Crippen molar-refractivity contribution in [3.05, 3.63) is 41.5 Å². The Bertz CT molecular complexity index is 325. The minimum atomic E-state index is -4.25. The zero-order valence-electron chi connectivity index (χ0n) is 7.89. The van der Waals surface area contributed by atoms with E-state index >= 15 is 0 Å². The quantitative estimate of drug-likeness (QED) is 0.714. The van der Waals surface area contributed by atoms with Crippen LogP contribution in [0.15, 0.2) is 30.3 Å². The maximum atomic E-state index is 12.2. The van der Waals surface area contributed by atoms with Crippen LogP contribution in [0, 0.1) is 0 Å². The number of hydrogen-bond donors (Lipinski definition) is 0. The van der Waals surface area contributed by atoms with Crippen LogP contribution in [0.3, 0.4) is 0 Å². The largest absolute Gasteiger partial charge is 0.416 e. The Balaban J connectivity index is 2.73. The monoisotopic (exact) mass is 278 g/mol. The molecule has 0 radical (unpaired) electrons. The summed E-state index contributed by atoms with van der Waals surface area (Å²) in [6, 6.07) is 5.11. The van der Waals surface area contributed by atoms with Gasteiger partial charge in [-0.25, -0.2) is 0 Å². The van der Waals surface area contributed by atoms with Crippen LogP contribution in [-0.2, 0) is 6.18 Å². The lowest BCUT2D eigenvalue weighted by Gasteiger charge is -2.05. The topological polar surface area (TPSA) is 0 Å². The lowest BCUT2D eigenvalue weighted by Crippen LogP contribution is -2.03. The minimum Gasteiger partial charge on any atom is -0.166 e. The molecule has 0 saturated carbocycles. The Morgan fingerprint density at radius 3 is 2.20 bits per heavy atom. The molecule has 0 atom stereocenters. The molecule has 1 aromatic carbocycles. The molecule has 0 N–H and O–H groups in total. The first-order chi connectivity index (χ1) is 7.04. The fourth-order valence-electron chi connectivity index (χ4n) is 1.07. The molecule has 0 aliphatic carbocycles. The van der Waals surface area contributed by atoms with Gasteiger partial charge < -0.3 is 0 Å². The number of allylic oxidation sites excluding steroid dienone is 1. The van der Waals surface area contributed by atoms with Gasteiger partial charge in [0.15, 0.2) is 0 Å². The number of alkyl halides is 4. The van der Waals surface area contributed by atoms with E-state index in [1.54, 1.807) is 6.08 Å². The third kappa shape index (κ3) is 4.08. The van der Waals surface area contributed by atoms with Gasteiger partial charge in [0.2, 0.25) is 0 Å². The zero-order chi connectivity index (χ0) is 11.3. The van der Waals surface area contributed by atoms with Gasteiger partial charge in [0.05, 0.1) is 5.56 Å². The number of hydrogen-bond acceptors (Lipinski definition) is 0. The third-order valence-electron chi connectivity index (χ3n) is 1.82. The predicted molar refractivity (Wildman–Crippen MR) is 58.9 cm³/mol. The first-order valence-corrected chi connectivity index (χ1v) is 5.56. The number of rotatable bonds is 3. The standard InChI is InChI=1S/C11H10BrF3/c12-8-2-1-3-9-4-6-10(7-5-9)11(13,14)15/h1,3-7H,2,8H2. The van der Waals surface area contributed by atoms with Gasteiger partial charge in [-0.2, -0.15) is 13.2 Å². The van der Waals surface area contributed by atoms with Crippen molar-refractivity contribution in [2.45, 2.75) is 12.6 Å². The number of halogens is 4. The van der Waals surface area contributed by atoms with Crippen molar-refractivity contribution in [2.75, 3.05) is 5.33 Å². The maximum absolute atomic E-state index is 12.2. The highest BCUT2D eigenvalue weighted by molar-refractivity contribution is 9.09. The molecule has 0 amide bonds. The van der Waals surface area contributed by atoms with Gasteiger partial charge in [0, 0.05) is 5.33 Å². The summed E-state index contributed by atoms with van der Waals surface area (Å²) in [6.45, 7) is 0. The third-order valence-corrected chi connectivity index (χ3v) is 2.28. The van der Waals surface area contributed by atoms with Crippen LogP contribution in [0.25, 0.3) is 6.08 Å². The molecule has 0 spiro atoms. The summed E-state index contributed by atoms with van der Waals surface area (Å²) < 4.78 is 36.6. The van der Waals surface area contributed by atoms with Crippen LogP contribution in [0.5, 0.6) is 0 Å². The molecule has 15 heavy (non-hydrogen) atoms. The zero-order valence-corrected chi connectivity index (χ0v) is 9.48. The van der Waals surface area contributed by atoms with Crippen molar-refractivity contribution in [1.29, 1.82) is 0 Å². The molecule has 0 bridgehead atoms. The van der Waals surface area contributed by atoms with Crippen LogP contribution in [0.2, 0.25) is 0 Å². The van der Waals surface area contributed by atoms with Crippen LogP contribution in [0.1, 0.15) is 17.5 Å². The molecular formula is C11H10BrF3. The van der Waals surface area contributed by atoms with Crippen molar-refractivity contribution >= 4 is 22.0 Å². The second-order valence-electron chi connectivity index (χ2n) is 3.00. The SMILES string of the molecule is FC(F)(F)c1ccc(C=CCCBr)cc1. The van der Waals surface area contributed by atoms with E-state index in [-0.39, 0.29) is 0 Å². The van der Waals surface area contributed by atoms with Crippen LogP contribution >= 0.6 is 15.9 Å². The van der Waals surface area contributed by atoms with E-state index in [9.17, 15) is 13.2 Å². The molecule has 0 aliphatic heterocycles. The van der Waals surface area contributed by atoms with Crippen LogP contribution in [0.4, 0.5) is 13.2 Å². The Hall–Kier alpha value is -0.770. The molecule has 0 aliphatic rings. The Morgan fingerprint density at radius 1 is 1.13 bits per heavy atom. The van der Waals surface area contributed by atoms with E-state index in [1.165, 1.54) is 12.1 Å². The highest BCUT2D eigenvalue weighted by atomic mass is 79.9. The molecule has 0 nitrogen and oxygen atoms in total. The predicted octanol–water partition coefficient (Wildman–Crippen LogP) is 4.50. The first-order valence-electron chi connectivity index (χ1n) is 4.44. The van der Waals surface area contributed by atoms with E-state index in [2.05, 4.69) is 15.9 Å². The molecule has 0 heterocycles. The van der Waals surface area contributed by atoms with Gasteiger partial charge in [-0.05, 0) is 24.1 Å². The summed E-state index contributed by atoms with van der Waals surface area (Å²) >= 11 is 3.26. The highest BCUT2D eigenvalue weighted by Crippen LogP contribution is 2.29. The number of benzene rings is 1. The fourth-order valence-corrected chi connectivity index (χ4v) is 1.33. The van der Waals surface area contributed by atoms with Crippen molar-refractivity contribution in [1.82, 2.24) is 0 Å². The fraction of sp³-hybridized carbons (Fsp3) is 0.273. The summed E-state index contributed by atoms with van der Waals surface area (Å²) in [4.78, 5) is 0. The van der Waals surface area contributed by atoms with Crippen molar-refractivity contribution in [2.24, 2.45) is 0 Å². The summed E-state index contributed by atoms with van der Waals surface area (Å²) in [5, 5.41) is 0.851. The van der Waals surface area contributed by atoms with Gasteiger partial charge >= 0.3 is 6.18 Å². The molecule has 0 saturated heterocycles. The Morgan fingerprint density at radius 2 is 1.73 bits per heavy atom. The normalized spacial score (nSPS) is 12.3. The van der Waals surface area contributed by atoms with Gasteiger partial charge in [-0.3, -0.25) is 0 Å². The summed E-state index contributed by atoms with van der Waals surface area (Å²) in [5.41, 5.74) is 0.170. The van der Waals surface area contributed by atoms with E-state index in [1.807, 2.05) is 6.08 Å².